The van der Waals surface area contributed by atoms with Gasteiger partial charge in [-0.3, -0.25) is 4.79 Å². The zero-order chi connectivity index (χ0) is 21.5. The fourth-order valence-corrected chi connectivity index (χ4v) is 4.91. The monoisotopic (exact) mass is 437 g/mol. The van der Waals surface area contributed by atoms with Gasteiger partial charge in [-0.1, -0.05) is 18.1 Å². The Hall–Kier alpha value is -2.42. The lowest BCUT2D eigenvalue weighted by atomic mass is 9.91. The van der Waals surface area contributed by atoms with Crippen molar-refractivity contribution in [3.05, 3.63) is 45.4 Å². The van der Waals surface area contributed by atoms with E-state index in [9.17, 15) is 18.0 Å². The summed E-state index contributed by atoms with van der Waals surface area (Å²) in [5.41, 5.74) is -0.314. The lowest BCUT2D eigenvalue weighted by molar-refractivity contribution is -0.136. The van der Waals surface area contributed by atoms with Gasteiger partial charge in [-0.25, -0.2) is 4.98 Å². The molecule has 0 aromatic carbocycles. The standard InChI is InChI=1S/C21H22F3N3O2S/c1-12(10-15-4-3-9-30-15)20(28)27-7-5-14(6-8-27)17-11-16(21(22,23)24)18-13(2)26-29-19(18)25-17/h3-4,9,11-12,14H,5-8,10H2,1-2H3/t12-/m0/s1. The number of pyridine rings is 1. The predicted octanol–water partition coefficient (Wildman–Crippen LogP) is 5.20. The van der Waals surface area contributed by atoms with Crippen molar-refractivity contribution in [1.29, 1.82) is 0 Å². The highest BCUT2D eigenvalue weighted by molar-refractivity contribution is 7.09. The van der Waals surface area contributed by atoms with Crippen molar-refractivity contribution in [3.8, 4) is 0 Å². The maximum atomic E-state index is 13.6. The number of thiophene rings is 1. The molecule has 30 heavy (non-hydrogen) atoms. The second kappa shape index (κ2) is 8.02. The number of carbonyl (C=O) groups excluding carboxylic acids is 1. The molecule has 1 fully saturated rings. The number of aromatic nitrogens is 2. The summed E-state index contributed by atoms with van der Waals surface area (Å²) in [4.78, 5) is 20.1. The molecule has 0 unspecified atom stereocenters. The van der Waals surface area contributed by atoms with Crippen LogP contribution in [0.25, 0.3) is 11.1 Å². The number of piperidine rings is 1. The largest absolute Gasteiger partial charge is 0.417 e. The van der Waals surface area contributed by atoms with Crippen LogP contribution in [0.2, 0.25) is 0 Å². The lowest BCUT2D eigenvalue weighted by Gasteiger charge is -2.33. The van der Waals surface area contributed by atoms with Crippen LogP contribution in [-0.4, -0.2) is 34.0 Å². The Labute approximate surface area is 175 Å². The van der Waals surface area contributed by atoms with Gasteiger partial charge >= 0.3 is 6.18 Å². The molecule has 0 N–H and O–H groups in total. The van der Waals surface area contributed by atoms with Crippen LogP contribution in [0.3, 0.4) is 0 Å². The molecule has 0 radical (unpaired) electrons. The zero-order valence-corrected chi connectivity index (χ0v) is 17.5. The van der Waals surface area contributed by atoms with Crippen LogP contribution in [0.1, 0.15) is 47.5 Å². The van der Waals surface area contributed by atoms with Crippen LogP contribution < -0.4 is 0 Å². The summed E-state index contributed by atoms with van der Waals surface area (Å²) < 4.78 is 45.8. The van der Waals surface area contributed by atoms with Gasteiger partial charge in [0, 0.05) is 35.5 Å². The second-order valence-electron chi connectivity index (χ2n) is 7.82. The van der Waals surface area contributed by atoms with Crippen LogP contribution in [0.4, 0.5) is 13.2 Å². The minimum atomic E-state index is -4.51. The lowest BCUT2D eigenvalue weighted by Crippen LogP contribution is -2.41. The first-order valence-corrected chi connectivity index (χ1v) is 10.8. The van der Waals surface area contributed by atoms with Crippen LogP contribution >= 0.6 is 11.3 Å². The van der Waals surface area contributed by atoms with E-state index in [1.54, 1.807) is 11.3 Å². The highest BCUT2D eigenvalue weighted by Crippen LogP contribution is 2.39. The number of hydrogen-bond acceptors (Lipinski definition) is 5. The molecular formula is C21H22F3N3O2S. The van der Waals surface area contributed by atoms with Crippen LogP contribution in [0, 0.1) is 12.8 Å². The average molecular weight is 437 g/mol. The smallest absolute Gasteiger partial charge is 0.342 e. The number of nitrogens with zero attached hydrogens (tertiary/aromatic N) is 3. The van der Waals surface area contributed by atoms with Crippen molar-refractivity contribution in [1.82, 2.24) is 15.0 Å². The number of halogens is 3. The van der Waals surface area contributed by atoms with Crippen LogP contribution in [-0.2, 0) is 17.4 Å². The Balaban J connectivity index is 1.47. The van der Waals surface area contributed by atoms with Crippen LogP contribution in [0.5, 0.6) is 0 Å². The van der Waals surface area contributed by atoms with E-state index < -0.39 is 11.7 Å². The number of carbonyl (C=O) groups is 1. The van der Waals surface area contributed by atoms with Crippen LogP contribution in [0.15, 0.2) is 28.1 Å². The van der Waals surface area contributed by atoms with E-state index in [0.717, 1.165) is 6.07 Å². The number of fused-ring (bicyclic) bond motifs is 1. The number of likely N-dealkylation sites (tertiary alicyclic amines) is 1. The quantitative estimate of drug-likeness (QED) is 0.563. The maximum absolute atomic E-state index is 13.6. The topological polar surface area (TPSA) is 59.2 Å². The fourth-order valence-electron chi connectivity index (χ4n) is 4.07. The molecule has 9 heteroatoms. The van der Waals surface area contributed by atoms with Gasteiger partial charge in [0.1, 0.15) is 0 Å². The Morgan fingerprint density at radius 2 is 2.10 bits per heavy atom. The third kappa shape index (κ3) is 4.08. The van der Waals surface area contributed by atoms with Gasteiger partial charge in [-0.05, 0) is 43.7 Å². The van der Waals surface area contributed by atoms with Gasteiger partial charge in [-0.15, -0.1) is 11.3 Å². The Morgan fingerprint density at radius 3 is 2.73 bits per heavy atom. The highest BCUT2D eigenvalue weighted by atomic mass is 32.1. The molecule has 1 aliphatic rings. The number of aryl methyl sites for hydroxylation is 1. The Bertz CT molecular complexity index is 1040. The summed E-state index contributed by atoms with van der Waals surface area (Å²) in [5, 5.41) is 5.56. The summed E-state index contributed by atoms with van der Waals surface area (Å²) >= 11 is 1.63. The molecule has 0 spiro atoms. The molecule has 5 nitrogen and oxygen atoms in total. The first kappa shape index (κ1) is 20.8. The van der Waals surface area contributed by atoms with Gasteiger partial charge in [0.25, 0.3) is 5.71 Å². The molecule has 0 aliphatic carbocycles. The molecule has 1 saturated heterocycles. The minimum absolute atomic E-state index is 0.0822. The third-order valence-electron chi connectivity index (χ3n) is 5.68. The maximum Gasteiger partial charge on any atom is 0.417 e. The van der Waals surface area contributed by atoms with Gasteiger partial charge < -0.3 is 9.42 Å². The van der Waals surface area contributed by atoms with Crippen molar-refractivity contribution in [2.24, 2.45) is 5.92 Å². The normalized spacial score (nSPS) is 16.9. The molecule has 4 rings (SSSR count). The summed E-state index contributed by atoms with van der Waals surface area (Å²) in [5.74, 6) is -0.187. The van der Waals surface area contributed by atoms with E-state index in [-0.39, 0.29) is 34.5 Å². The first-order chi connectivity index (χ1) is 14.2. The zero-order valence-electron chi connectivity index (χ0n) is 16.7. The molecule has 1 aliphatic heterocycles. The van der Waals surface area contributed by atoms with Crippen molar-refractivity contribution in [2.45, 2.75) is 45.2 Å². The molecular weight excluding hydrogens is 415 g/mol. The summed E-state index contributed by atoms with van der Waals surface area (Å²) in [7, 11) is 0. The van der Waals surface area contributed by atoms with E-state index in [1.807, 2.05) is 29.3 Å². The summed E-state index contributed by atoms with van der Waals surface area (Å²) in [6, 6.07) is 5.11. The number of rotatable bonds is 4. The predicted molar refractivity (Wildman–Crippen MR) is 107 cm³/mol. The van der Waals surface area contributed by atoms with Gasteiger partial charge in [0.15, 0.2) is 0 Å². The Morgan fingerprint density at radius 1 is 1.37 bits per heavy atom. The minimum Gasteiger partial charge on any atom is -0.342 e. The number of amides is 1. The fraction of sp³-hybridized carbons (Fsp3) is 0.476. The highest BCUT2D eigenvalue weighted by Gasteiger charge is 2.37. The molecule has 0 bridgehead atoms. The molecule has 160 valence electrons. The molecule has 3 aromatic rings. The molecule has 1 amide bonds. The van der Waals surface area contributed by atoms with Crippen molar-refractivity contribution < 1.29 is 22.5 Å². The van der Waals surface area contributed by atoms with E-state index in [1.165, 1.54) is 11.8 Å². The second-order valence-corrected chi connectivity index (χ2v) is 8.86. The number of hydrogen-bond donors (Lipinski definition) is 0. The first-order valence-electron chi connectivity index (χ1n) is 9.89. The van der Waals surface area contributed by atoms with Gasteiger partial charge in [0.05, 0.1) is 16.6 Å². The van der Waals surface area contributed by atoms with Gasteiger partial charge in [0.2, 0.25) is 5.91 Å². The number of alkyl halides is 3. The third-order valence-corrected chi connectivity index (χ3v) is 6.57. The van der Waals surface area contributed by atoms with E-state index in [0.29, 0.717) is 38.0 Å². The SMILES string of the molecule is Cc1noc2nc(C3CCN(C(=O)[C@@H](C)Cc4cccs4)CC3)cc(C(F)(F)F)c12. The van der Waals surface area contributed by atoms with E-state index in [4.69, 9.17) is 4.52 Å². The van der Waals surface area contributed by atoms with E-state index in [2.05, 4.69) is 10.1 Å². The van der Waals surface area contributed by atoms with E-state index >= 15 is 0 Å². The van der Waals surface area contributed by atoms with Crippen molar-refractivity contribution in [2.75, 3.05) is 13.1 Å². The molecule has 1 atom stereocenters. The van der Waals surface area contributed by atoms with Gasteiger partial charge in [-0.2, -0.15) is 13.2 Å². The average Bonchev–Trinajstić information content (AvgIpc) is 3.36. The van der Waals surface area contributed by atoms with Crippen molar-refractivity contribution in [3.63, 3.8) is 0 Å². The van der Waals surface area contributed by atoms with Crippen molar-refractivity contribution >= 4 is 28.3 Å². The molecule has 4 heterocycles. The molecule has 3 aromatic heterocycles. The summed E-state index contributed by atoms with van der Waals surface area (Å²) in [6.45, 7) is 4.42. The molecule has 0 saturated carbocycles. The Kier molecular flexibility index (Phi) is 5.57. The summed E-state index contributed by atoms with van der Waals surface area (Å²) in [6.07, 6.45) is -2.67.